The van der Waals surface area contributed by atoms with Gasteiger partial charge in [-0.3, -0.25) is 19.6 Å². The molecule has 2 rings (SSSR count). The average Bonchev–Trinajstić information content (AvgIpc) is 2.71. The number of amides is 2. The first-order chi connectivity index (χ1) is 13.1. The fraction of sp³-hybridized carbons (Fsp3) is 0.429. The zero-order valence-corrected chi connectivity index (χ0v) is 16.4. The summed E-state index contributed by atoms with van der Waals surface area (Å²) >= 11 is 0. The van der Waals surface area contributed by atoms with Gasteiger partial charge >= 0.3 is 0 Å². The Balaban J connectivity index is 2.06. The van der Waals surface area contributed by atoms with Crippen LogP contribution in [0.15, 0.2) is 42.9 Å². The number of nitrogens with zero attached hydrogens (tertiary/aromatic N) is 4. The van der Waals surface area contributed by atoms with E-state index in [9.17, 15) is 9.59 Å². The Hall–Kier alpha value is -2.76. The maximum atomic E-state index is 12.7. The van der Waals surface area contributed by atoms with Crippen LogP contribution < -0.4 is 0 Å². The zero-order valence-electron chi connectivity index (χ0n) is 16.4. The summed E-state index contributed by atoms with van der Waals surface area (Å²) in [5.74, 6) is -0.231. The molecule has 0 bridgehead atoms. The van der Waals surface area contributed by atoms with Gasteiger partial charge in [-0.2, -0.15) is 0 Å². The minimum absolute atomic E-state index is 0.0467. The fourth-order valence-electron chi connectivity index (χ4n) is 2.86. The fourth-order valence-corrected chi connectivity index (χ4v) is 2.86. The van der Waals surface area contributed by atoms with Gasteiger partial charge < -0.3 is 9.80 Å². The predicted molar refractivity (Wildman–Crippen MR) is 106 cm³/mol. The number of hydrogen-bond donors (Lipinski definition) is 0. The molecule has 2 aromatic heterocycles. The Morgan fingerprint density at radius 3 is 2.22 bits per heavy atom. The van der Waals surface area contributed by atoms with Crippen molar-refractivity contribution in [1.29, 1.82) is 0 Å². The first-order valence-corrected chi connectivity index (χ1v) is 9.46. The molecule has 27 heavy (non-hydrogen) atoms. The van der Waals surface area contributed by atoms with Crippen molar-refractivity contribution in [2.24, 2.45) is 0 Å². The van der Waals surface area contributed by atoms with E-state index in [0.29, 0.717) is 30.9 Å². The normalized spacial score (nSPS) is 10.5. The molecule has 0 saturated heterocycles. The third-order valence-corrected chi connectivity index (χ3v) is 4.33. The SMILES string of the molecule is CCCN(CCC)C(=O)c1ccnc(C(=O)N(C)CCc2ccncc2)c1. The molecule has 0 spiro atoms. The van der Waals surface area contributed by atoms with Gasteiger partial charge in [0, 0.05) is 50.8 Å². The third kappa shape index (κ3) is 5.88. The lowest BCUT2D eigenvalue weighted by Crippen LogP contribution is -2.33. The first kappa shape index (κ1) is 20.6. The summed E-state index contributed by atoms with van der Waals surface area (Å²) in [4.78, 5) is 37.1. The number of likely N-dealkylation sites (N-methyl/N-ethyl adjacent to an activating group) is 1. The third-order valence-electron chi connectivity index (χ3n) is 4.33. The maximum Gasteiger partial charge on any atom is 0.272 e. The van der Waals surface area contributed by atoms with E-state index in [4.69, 9.17) is 0 Å². The second-order valence-corrected chi connectivity index (χ2v) is 6.55. The standard InChI is InChI=1S/C21H28N4O2/c1-4-13-25(14-5-2)20(26)18-8-12-23-19(16-18)21(27)24(3)15-9-17-6-10-22-11-7-17/h6-8,10-12,16H,4-5,9,13-15H2,1-3H3. The summed E-state index contributed by atoms with van der Waals surface area (Å²) in [7, 11) is 1.75. The molecular weight excluding hydrogens is 340 g/mol. The van der Waals surface area contributed by atoms with Crippen molar-refractivity contribution in [3.63, 3.8) is 0 Å². The van der Waals surface area contributed by atoms with Gasteiger partial charge in [0.05, 0.1) is 0 Å². The maximum absolute atomic E-state index is 12.7. The lowest BCUT2D eigenvalue weighted by molar-refractivity contribution is 0.0755. The molecule has 0 aromatic carbocycles. The highest BCUT2D eigenvalue weighted by Gasteiger charge is 2.18. The Morgan fingerprint density at radius 2 is 1.59 bits per heavy atom. The van der Waals surface area contributed by atoms with Gasteiger partial charge in [0.15, 0.2) is 0 Å². The summed E-state index contributed by atoms with van der Waals surface area (Å²) in [6.07, 6.45) is 7.57. The Bertz CT molecular complexity index is 743. The van der Waals surface area contributed by atoms with Crippen LogP contribution in [0.5, 0.6) is 0 Å². The monoisotopic (exact) mass is 368 g/mol. The molecule has 0 aliphatic heterocycles. The van der Waals surface area contributed by atoms with E-state index in [-0.39, 0.29) is 11.8 Å². The van der Waals surface area contributed by atoms with Gasteiger partial charge in [-0.05, 0) is 49.1 Å². The van der Waals surface area contributed by atoms with Gasteiger partial charge in [-0.1, -0.05) is 13.8 Å². The van der Waals surface area contributed by atoms with Crippen molar-refractivity contribution >= 4 is 11.8 Å². The van der Waals surface area contributed by atoms with E-state index in [1.54, 1.807) is 36.5 Å². The van der Waals surface area contributed by atoms with Crippen molar-refractivity contribution in [3.8, 4) is 0 Å². The van der Waals surface area contributed by atoms with E-state index in [0.717, 1.165) is 24.8 Å². The van der Waals surface area contributed by atoms with Crippen LogP contribution in [0.2, 0.25) is 0 Å². The summed E-state index contributed by atoms with van der Waals surface area (Å²) in [6.45, 7) is 6.10. The highest BCUT2D eigenvalue weighted by Crippen LogP contribution is 2.10. The van der Waals surface area contributed by atoms with Crippen molar-refractivity contribution in [2.45, 2.75) is 33.1 Å². The number of carbonyl (C=O) groups excluding carboxylic acids is 2. The Kier molecular flexibility index (Phi) is 7.92. The molecule has 2 aromatic rings. The van der Waals surface area contributed by atoms with E-state index in [2.05, 4.69) is 23.8 Å². The van der Waals surface area contributed by atoms with Gasteiger partial charge in [-0.15, -0.1) is 0 Å². The molecule has 0 fully saturated rings. The Morgan fingerprint density at radius 1 is 0.926 bits per heavy atom. The summed E-state index contributed by atoms with van der Waals surface area (Å²) in [5.41, 5.74) is 1.93. The molecule has 0 saturated carbocycles. The molecule has 144 valence electrons. The predicted octanol–water partition coefficient (Wildman–Crippen LogP) is 3.05. The molecule has 0 radical (unpaired) electrons. The molecule has 0 aliphatic rings. The Labute approximate surface area is 161 Å². The largest absolute Gasteiger partial charge is 0.340 e. The van der Waals surface area contributed by atoms with E-state index < -0.39 is 0 Å². The highest BCUT2D eigenvalue weighted by molar-refractivity contribution is 5.98. The van der Waals surface area contributed by atoms with Crippen LogP contribution in [0.4, 0.5) is 0 Å². The average molecular weight is 368 g/mol. The van der Waals surface area contributed by atoms with Crippen LogP contribution in [0.25, 0.3) is 0 Å². The van der Waals surface area contributed by atoms with Crippen molar-refractivity contribution in [2.75, 3.05) is 26.7 Å². The molecule has 6 heteroatoms. The van der Waals surface area contributed by atoms with Gasteiger partial charge in [-0.25, -0.2) is 0 Å². The van der Waals surface area contributed by atoms with Crippen molar-refractivity contribution < 1.29 is 9.59 Å². The molecule has 2 amide bonds. The number of aromatic nitrogens is 2. The lowest BCUT2D eigenvalue weighted by atomic mass is 10.1. The second kappa shape index (κ2) is 10.4. The van der Waals surface area contributed by atoms with Crippen LogP contribution in [-0.4, -0.2) is 58.3 Å². The number of pyridine rings is 2. The number of hydrogen-bond acceptors (Lipinski definition) is 4. The summed E-state index contributed by atoms with van der Waals surface area (Å²) in [6, 6.07) is 7.15. The topological polar surface area (TPSA) is 66.4 Å². The van der Waals surface area contributed by atoms with Crippen LogP contribution in [0.1, 0.15) is 53.1 Å². The summed E-state index contributed by atoms with van der Waals surface area (Å²) in [5, 5.41) is 0. The molecule has 0 aliphatic carbocycles. The van der Waals surface area contributed by atoms with Gasteiger partial charge in [0.1, 0.15) is 5.69 Å². The van der Waals surface area contributed by atoms with Crippen LogP contribution in [-0.2, 0) is 6.42 Å². The van der Waals surface area contributed by atoms with Crippen LogP contribution in [0, 0.1) is 0 Å². The van der Waals surface area contributed by atoms with Crippen molar-refractivity contribution in [1.82, 2.24) is 19.8 Å². The first-order valence-electron chi connectivity index (χ1n) is 9.46. The minimum Gasteiger partial charge on any atom is -0.340 e. The van der Waals surface area contributed by atoms with E-state index in [1.807, 2.05) is 17.0 Å². The molecule has 0 atom stereocenters. The molecule has 6 nitrogen and oxygen atoms in total. The quantitative estimate of drug-likeness (QED) is 0.682. The van der Waals surface area contributed by atoms with E-state index in [1.165, 1.54) is 6.20 Å². The second-order valence-electron chi connectivity index (χ2n) is 6.55. The zero-order chi connectivity index (χ0) is 19.6. The highest BCUT2D eigenvalue weighted by atomic mass is 16.2. The van der Waals surface area contributed by atoms with Crippen LogP contribution >= 0.6 is 0 Å². The molecular formula is C21H28N4O2. The minimum atomic E-state index is -0.184. The van der Waals surface area contributed by atoms with Gasteiger partial charge in [0.25, 0.3) is 11.8 Å². The van der Waals surface area contributed by atoms with E-state index >= 15 is 0 Å². The van der Waals surface area contributed by atoms with Crippen LogP contribution in [0.3, 0.4) is 0 Å². The molecule has 0 N–H and O–H groups in total. The van der Waals surface area contributed by atoms with Gasteiger partial charge in [0.2, 0.25) is 0 Å². The molecule has 0 unspecified atom stereocenters. The molecule has 2 heterocycles. The summed E-state index contributed by atoms with van der Waals surface area (Å²) < 4.78 is 0. The smallest absolute Gasteiger partial charge is 0.272 e. The number of carbonyl (C=O) groups is 2. The number of rotatable bonds is 9. The van der Waals surface area contributed by atoms with Crippen molar-refractivity contribution in [3.05, 3.63) is 59.7 Å². The lowest BCUT2D eigenvalue weighted by Gasteiger charge is -2.22.